The Kier molecular flexibility index (Phi) is 6.71. The molecule has 1 aromatic heterocycles. The Morgan fingerprint density at radius 3 is 2.50 bits per heavy atom. The minimum atomic E-state index is -0.180. The molecule has 0 spiro atoms. The number of rotatable bonds is 7. The number of aromatic nitrogens is 2. The average molecular weight is 444 g/mol. The van der Waals surface area contributed by atoms with Crippen LogP contribution in [0.5, 0.6) is 0 Å². The molecule has 0 atom stereocenters. The Morgan fingerprint density at radius 1 is 0.938 bits per heavy atom. The fourth-order valence-corrected chi connectivity index (χ4v) is 4.27. The number of hydrogen-bond acceptors (Lipinski definition) is 4. The molecular formula is C26H25N3O2S. The van der Waals surface area contributed by atoms with Crippen LogP contribution in [0.15, 0.2) is 82.6 Å². The SMILES string of the molecule is Cc1ccc(Cn2c(=O)c(SCC(=O)NCc3cccc(C)c3)nc3ccccc32)cc1. The molecule has 1 N–H and O–H groups in total. The molecule has 3 aromatic carbocycles. The van der Waals surface area contributed by atoms with Gasteiger partial charge < -0.3 is 5.32 Å². The van der Waals surface area contributed by atoms with Crippen molar-refractivity contribution < 1.29 is 4.79 Å². The average Bonchev–Trinajstić information content (AvgIpc) is 2.80. The van der Waals surface area contributed by atoms with Crippen molar-refractivity contribution in [2.45, 2.75) is 32.0 Å². The van der Waals surface area contributed by atoms with E-state index in [1.165, 1.54) is 17.3 Å². The quantitative estimate of drug-likeness (QED) is 0.428. The summed E-state index contributed by atoms with van der Waals surface area (Å²) in [7, 11) is 0. The molecule has 4 rings (SSSR count). The lowest BCUT2D eigenvalue weighted by atomic mass is 10.1. The number of benzene rings is 3. The first-order valence-corrected chi connectivity index (χ1v) is 11.5. The molecule has 32 heavy (non-hydrogen) atoms. The lowest BCUT2D eigenvalue weighted by Crippen LogP contribution is -2.27. The van der Waals surface area contributed by atoms with Crippen molar-refractivity contribution in [3.05, 3.63) is 105 Å². The van der Waals surface area contributed by atoms with Crippen molar-refractivity contribution in [1.29, 1.82) is 0 Å². The van der Waals surface area contributed by atoms with Crippen LogP contribution in [-0.4, -0.2) is 21.2 Å². The van der Waals surface area contributed by atoms with E-state index in [0.29, 0.717) is 18.1 Å². The van der Waals surface area contributed by atoms with Crippen molar-refractivity contribution in [1.82, 2.24) is 14.9 Å². The van der Waals surface area contributed by atoms with Gasteiger partial charge in [-0.2, -0.15) is 0 Å². The van der Waals surface area contributed by atoms with E-state index >= 15 is 0 Å². The number of para-hydroxylation sites is 2. The van der Waals surface area contributed by atoms with Crippen LogP contribution in [-0.2, 0) is 17.9 Å². The third-order valence-electron chi connectivity index (χ3n) is 5.20. The number of hydrogen-bond donors (Lipinski definition) is 1. The van der Waals surface area contributed by atoms with Crippen molar-refractivity contribution in [3.8, 4) is 0 Å². The number of nitrogens with one attached hydrogen (secondary N) is 1. The maximum Gasteiger partial charge on any atom is 0.283 e. The van der Waals surface area contributed by atoms with E-state index < -0.39 is 0 Å². The molecule has 0 saturated heterocycles. The first-order chi connectivity index (χ1) is 15.5. The van der Waals surface area contributed by atoms with Crippen LogP contribution in [0.1, 0.15) is 22.3 Å². The van der Waals surface area contributed by atoms with Crippen molar-refractivity contribution >= 4 is 28.7 Å². The summed E-state index contributed by atoms with van der Waals surface area (Å²) in [5, 5.41) is 3.25. The number of carbonyl (C=O) groups excluding carboxylic acids is 1. The van der Waals surface area contributed by atoms with Gasteiger partial charge in [-0.15, -0.1) is 0 Å². The molecule has 0 saturated carbocycles. The zero-order chi connectivity index (χ0) is 22.5. The van der Waals surface area contributed by atoms with Gasteiger partial charge in [0.15, 0.2) is 5.03 Å². The highest BCUT2D eigenvalue weighted by Gasteiger charge is 2.13. The summed E-state index contributed by atoms with van der Waals surface area (Å²) in [5.74, 6) is 0.00709. The van der Waals surface area contributed by atoms with Gasteiger partial charge in [-0.05, 0) is 37.1 Å². The minimum absolute atomic E-state index is 0.129. The Bertz CT molecular complexity index is 1310. The van der Waals surface area contributed by atoms with Crippen LogP contribution in [0.4, 0.5) is 0 Å². The molecule has 4 aromatic rings. The van der Waals surface area contributed by atoms with Crippen LogP contribution in [0.25, 0.3) is 11.0 Å². The normalized spacial score (nSPS) is 10.9. The number of thioether (sulfide) groups is 1. The number of carbonyl (C=O) groups is 1. The zero-order valence-electron chi connectivity index (χ0n) is 18.2. The highest BCUT2D eigenvalue weighted by molar-refractivity contribution is 7.99. The summed E-state index contributed by atoms with van der Waals surface area (Å²) in [4.78, 5) is 30.2. The molecule has 0 aliphatic carbocycles. The first kappa shape index (κ1) is 21.8. The maximum atomic E-state index is 13.2. The fourth-order valence-electron chi connectivity index (χ4n) is 3.50. The van der Waals surface area contributed by atoms with E-state index in [1.807, 2.05) is 86.6 Å². The van der Waals surface area contributed by atoms with Gasteiger partial charge in [0.05, 0.1) is 23.3 Å². The van der Waals surface area contributed by atoms with Crippen LogP contribution in [0, 0.1) is 13.8 Å². The summed E-state index contributed by atoms with van der Waals surface area (Å²) in [6, 6.07) is 23.8. The van der Waals surface area contributed by atoms with E-state index in [1.54, 1.807) is 4.57 Å². The summed E-state index contributed by atoms with van der Waals surface area (Å²) in [6.45, 7) is 4.98. The van der Waals surface area contributed by atoms with Crippen LogP contribution >= 0.6 is 11.8 Å². The minimum Gasteiger partial charge on any atom is -0.351 e. The van der Waals surface area contributed by atoms with Crippen LogP contribution < -0.4 is 10.9 Å². The third-order valence-corrected chi connectivity index (χ3v) is 6.14. The molecule has 0 aliphatic rings. The van der Waals surface area contributed by atoms with Crippen molar-refractivity contribution in [2.75, 3.05) is 5.75 Å². The molecule has 0 unspecified atom stereocenters. The lowest BCUT2D eigenvalue weighted by Gasteiger charge is -2.12. The third kappa shape index (κ3) is 5.26. The van der Waals surface area contributed by atoms with E-state index in [4.69, 9.17) is 0 Å². The second-order valence-electron chi connectivity index (χ2n) is 7.84. The molecule has 0 fully saturated rings. The molecule has 0 radical (unpaired) electrons. The number of aryl methyl sites for hydroxylation is 2. The lowest BCUT2D eigenvalue weighted by molar-refractivity contribution is -0.118. The van der Waals surface area contributed by atoms with E-state index in [0.717, 1.165) is 27.7 Å². The Labute approximate surface area is 191 Å². The van der Waals surface area contributed by atoms with E-state index in [2.05, 4.69) is 10.3 Å². The Morgan fingerprint density at radius 2 is 1.72 bits per heavy atom. The van der Waals surface area contributed by atoms with Crippen LogP contribution in [0.2, 0.25) is 0 Å². The molecule has 6 heteroatoms. The summed E-state index contributed by atoms with van der Waals surface area (Å²) >= 11 is 1.18. The van der Waals surface area contributed by atoms with Crippen molar-refractivity contribution in [3.63, 3.8) is 0 Å². The number of fused-ring (bicyclic) bond motifs is 1. The molecule has 0 bridgehead atoms. The monoisotopic (exact) mass is 443 g/mol. The highest BCUT2D eigenvalue weighted by atomic mass is 32.2. The van der Waals surface area contributed by atoms with E-state index in [-0.39, 0.29) is 17.2 Å². The summed E-state index contributed by atoms with van der Waals surface area (Å²) < 4.78 is 1.74. The fraction of sp³-hybridized carbons (Fsp3) is 0.192. The molecule has 0 aliphatic heterocycles. The first-order valence-electron chi connectivity index (χ1n) is 10.5. The van der Waals surface area contributed by atoms with Gasteiger partial charge in [0.25, 0.3) is 5.56 Å². The Hall–Kier alpha value is -3.38. The number of nitrogens with zero attached hydrogens (tertiary/aromatic N) is 2. The predicted octanol–water partition coefficient (Wildman–Crippen LogP) is 4.47. The molecule has 5 nitrogen and oxygen atoms in total. The smallest absolute Gasteiger partial charge is 0.283 e. The van der Waals surface area contributed by atoms with E-state index in [9.17, 15) is 9.59 Å². The maximum absolute atomic E-state index is 13.2. The van der Waals surface area contributed by atoms with Gasteiger partial charge in [-0.3, -0.25) is 14.2 Å². The van der Waals surface area contributed by atoms with Crippen molar-refractivity contribution in [2.24, 2.45) is 0 Å². The molecular weight excluding hydrogens is 418 g/mol. The van der Waals surface area contributed by atoms with Gasteiger partial charge in [0, 0.05) is 6.54 Å². The van der Waals surface area contributed by atoms with Gasteiger partial charge in [-0.1, -0.05) is 83.6 Å². The Balaban J connectivity index is 1.52. The van der Waals surface area contributed by atoms with Crippen LogP contribution in [0.3, 0.4) is 0 Å². The zero-order valence-corrected chi connectivity index (χ0v) is 19.0. The number of amides is 1. The molecule has 1 heterocycles. The summed E-state index contributed by atoms with van der Waals surface area (Å²) in [6.07, 6.45) is 0. The molecule has 1 amide bonds. The topological polar surface area (TPSA) is 64.0 Å². The second-order valence-corrected chi connectivity index (χ2v) is 8.80. The highest BCUT2D eigenvalue weighted by Crippen LogP contribution is 2.18. The summed E-state index contributed by atoms with van der Waals surface area (Å²) in [5.41, 5.74) is 5.76. The molecule has 162 valence electrons. The van der Waals surface area contributed by atoms with Gasteiger partial charge in [-0.25, -0.2) is 4.98 Å². The second kappa shape index (κ2) is 9.83. The predicted molar refractivity (Wildman–Crippen MR) is 130 cm³/mol. The largest absolute Gasteiger partial charge is 0.351 e. The van der Waals surface area contributed by atoms with Gasteiger partial charge >= 0.3 is 0 Å². The van der Waals surface area contributed by atoms with Gasteiger partial charge in [0.2, 0.25) is 5.91 Å². The van der Waals surface area contributed by atoms with Gasteiger partial charge in [0.1, 0.15) is 0 Å². The standard InChI is InChI=1S/C26H25N3O2S/c1-18-10-12-20(13-11-18)16-29-23-9-4-3-8-22(23)28-25(26(29)31)32-17-24(30)27-15-21-7-5-6-19(2)14-21/h3-14H,15-17H2,1-2H3,(H,27,30).